The van der Waals surface area contributed by atoms with Crippen molar-refractivity contribution in [2.75, 3.05) is 27.9 Å². The molecule has 1 amide bonds. The second-order valence-corrected chi connectivity index (χ2v) is 7.59. The van der Waals surface area contributed by atoms with E-state index in [2.05, 4.69) is 0 Å². The van der Waals surface area contributed by atoms with Gasteiger partial charge in [-0.05, 0) is 54.7 Å². The Bertz CT molecular complexity index is 1180. The average Bonchev–Trinajstić information content (AvgIpc) is 3.28. The second kappa shape index (κ2) is 8.71. The minimum absolute atomic E-state index is 0.121. The Morgan fingerprint density at radius 1 is 1.03 bits per heavy atom. The molecule has 0 N–H and O–H groups in total. The number of amides is 1. The summed E-state index contributed by atoms with van der Waals surface area (Å²) >= 11 is 0. The molecule has 0 fully saturated rings. The molecule has 1 aromatic heterocycles. The summed E-state index contributed by atoms with van der Waals surface area (Å²) in [6, 6.07) is 10.9. The molecule has 1 aliphatic rings. The van der Waals surface area contributed by atoms with E-state index in [0.29, 0.717) is 29.4 Å². The first-order valence-electron chi connectivity index (χ1n) is 10.2. The predicted molar refractivity (Wildman–Crippen MR) is 116 cm³/mol. The molecule has 0 saturated heterocycles. The van der Waals surface area contributed by atoms with Crippen LogP contribution in [0.3, 0.4) is 0 Å². The van der Waals surface area contributed by atoms with E-state index < -0.39 is 0 Å². The molecule has 0 unspecified atom stereocenters. The summed E-state index contributed by atoms with van der Waals surface area (Å²) < 4.78 is 21.7. The molecule has 0 radical (unpaired) electrons. The minimum atomic E-state index is -0.275. The van der Waals surface area contributed by atoms with Gasteiger partial charge in [0.05, 0.1) is 14.2 Å². The number of nitrogens with zero attached hydrogens (tertiary/aromatic N) is 1. The number of carbonyl (C=O) groups is 1. The van der Waals surface area contributed by atoms with E-state index in [1.54, 1.807) is 32.2 Å². The van der Waals surface area contributed by atoms with Gasteiger partial charge < -0.3 is 23.5 Å². The van der Waals surface area contributed by atoms with E-state index in [4.69, 9.17) is 18.6 Å². The Morgan fingerprint density at radius 3 is 2.58 bits per heavy atom. The van der Waals surface area contributed by atoms with Crippen molar-refractivity contribution >= 4 is 16.9 Å². The summed E-state index contributed by atoms with van der Waals surface area (Å²) in [5.74, 6) is 1.56. The number of fused-ring (bicyclic) bond motifs is 3. The van der Waals surface area contributed by atoms with Crippen molar-refractivity contribution in [3.63, 3.8) is 0 Å². The zero-order chi connectivity index (χ0) is 22.0. The van der Waals surface area contributed by atoms with Crippen molar-refractivity contribution in [3.8, 4) is 17.2 Å². The molecule has 0 atom stereocenters. The van der Waals surface area contributed by atoms with E-state index in [9.17, 15) is 9.59 Å². The molecule has 162 valence electrons. The number of hydrogen-bond acceptors (Lipinski definition) is 6. The number of likely N-dealkylation sites (N-methyl/N-ethyl adjacent to an activating group) is 1. The van der Waals surface area contributed by atoms with Gasteiger partial charge in [0.15, 0.2) is 18.1 Å². The first-order valence-corrected chi connectivity index (χ1v) is 10.2. The zero-order valence-electron chi connectivity index (χ0n) is 17.9. The van der Waals surface area contributed by atoms with Crippen LogP contribution in [0.2, 0.25) is 0 Å². The standard InChI is InChI=1S/C24H25NO6/c1-25(13-15-7-10-20(28-2)22(11-15)29-3)23(26)14-30-16-8-9-18-17-5-4-6-19(17)24(27)31-21(18)12-16/h7-12H,4-6,13-14H2,1-3H3. The third kappa shape index (κ3) is 4.21. The molecule has 1 heterocycles. The summed E-state index contributed by atoms with van der Waals surface area (Å²) in [5.41, 5.74) is 2.99. The normalized spacial score (nSPS) is 12.5. The predicted octanol–water partition coefficient (Wildman–Crippen LogP) is 3.34. The summed E-state index contributed by atoms with van der Waals surface area (Å²) in [7, 11) is 4.87. The molecule has 0 spiro atoms. The lowest BCUT2D eigenvalue weighted by Gasteiger charge is -2.18. The lowest BCUT2D eigenvalue weighted by Crippen LogP contribution is -2.30. The molecule has 0 bridgehead atoms. The molecule has 7 heteroatoms. The highest BCUT2D eigenvalue weighted by Crippen LogP contribution is 2.30. The van der Waals surface area contributed by atoms with Crippen LogP contribution < -0.4 is 19.8 Å². The monoisotopic (exact) mass is 423 g/mol. The zero-order valence-corrected chi connectivity index (χ0v) is 17.9. The lowest BCUT2D eigenvalue weighted by atomic mass is 10.1. The van der Waals surface area contributed by atoms with Gasteiger partial charge in [-0.1, -0.05) is 6.07 Å². The summed E-state index contributed by atoms with van der Waals surface area (Å²) in [6.45, 7) is 0.283. The minimum Gasteiger partial charge on any atom is -0.493 e. The van der Waals surface area contributed by atoms with E-state index in [1.807, 2.05) is 30.3 Å². The highest BCUT2D eigenvalue weighted by Gasteiger charge is 2.20. The fraction of sp³-hybridized carbons (Fsp3) is 0.333. The molecule has 4 rings (SSSR count). The molecular weight excluding hydrogens is 398 g/mol. The van der Waals surface area contributed by atoms with E-state index in [1.165, 1.54) is 0 Å². The lowest BCUT2D eigenvalue weighted by molar-refractivity contribution is -0.132. The maximum absolute atomic E-state index is 12.5. The second-order valence-electron chi connectivity index (χ2n) is 7.59. The van der Waals surface area contributed by atoms with Crippen molar-refractivity contribution in [3.05, 3.63) is 63.5 Å². The van der Waals surface area contributed by atoms with Crippen LogP contribution in [0, 0.1) is 0 Å². The fourth-order valence-corrected chi connectivity index (χ4v) is 3.95. The van der Waals surface area contributed by atoms with Crippen LogP contribution in [0.1, 0.15) is 23.1 Å². The van der Waals surface area contributed by atoms with Gasteiger partial charge in [0.2, 0.25) is 0 Å². The molecule has 2 aromatic carbocycles. The smallest absolute Gasteiger partial charge is 0.339 e. The van der Waals surface area contributed by atoms with E-state index in [0.717, 1.165) is 41.3 Å². The summed E-state index contributed by atoms with van der Waals surface area (Å²) in [5, 5.41) is 0.941. The van der Waals surface area contributed by atoms with E-state index in [-0.39, 0.29) is 18.1 Å². The van der Waals surface area contributed by atoms with Crippen molar-refractivity contribution in [2.24, 2.45) is 0 Å². The molecule has 3 aromatic rings. The average molecular weight is 423 g/mol. The highest BCUT2D eigenvalue weighted by molar-refractivity contribution is 5.83. The largest absolute Gasteiger partial charge is 0.493 e. The van der Waals surface area contributed by atoms with E-state index >= 15 is 0 Å². The number of methoxy groups -OCH3 is 2. The Morgan fingerprint density at radius 2 is 1.81 bits per heavy atom. The Balaban J connectivity index is 1.42. The molecular formula is C24H25NO6. The maximum Gasteiger partial charge on any atom is 0.339 e. The van der Waals surface area contributed by atoms with Crippen LogP contribution in [0.4, 0.5) is 0 Å². The Kier molecular flexibility index (Phi) is 5.84. The molecule has 0 saturated carbocycles. The van der Waals surface area contributed by atoms with Crippen LogP contribution in [-0.4, -0.2) is 38.7 Å². The van der Waals surface area contributed by atoms with Crippen molar-refractivity contribution in [2.45, 2.75) is 25.8 Å². The van der Waals surface area contributed by atoms with Gasteiger partial charge >= 0.3 is 5.63 Å². The molecule has 7 nitrogen and oxygen atoms in total. The number of ether oxygens (including phenoxy) is 3. The molecule has 1 aliphatic carbocycles. The van der Waals surface area contributed by atoms with Crippen molar-refractivity contribution in [1.82, 2.24) is 4.90 Å². The van der Waals surface area contributed by atoms with Gasteiger partial charge in [-0.25, -0.2) is 4.79 Å². The molecule has 31 heavy (non-hydrogen) atoms. The van der Waals surface area contributed by atoms with Crippen LogP contribution in [0.5, 0.6) is 17.2 Å². The van der Waals surface area contributed by atoms with Crippen molar-refractivity contribution in [1.29, 1.82) is 0 Å². The Labute approximate surface area is 180 Å². The van der Waals surface area contributed by atoms with Gasteiger partial charge in [-0.3, -0.25) is 4.79 Å². The highest BCUT2D eigenvalue weighted by atomic mass is 16.5. The first-order chi connectivity index (χ1) is 15.0. The van der Waals surface area contributed by atoms with Gasteiger partial charge in [-0.2, -0.15) is 0 Å². The van der Waals surface area contributed by atoms with Gasteiger partial charge in [0.25, 0.3) is 5.91 Å². The van der Waals surface area contributed by atoms with Crippen LogP contribution in [0.15, 0.2) is 45.6 Å². The van der Waals surface area contributed by atoms with Gasteiger partial charge in [0, 0.05) is 30.6 Å². The van der Waals surface area contributed by atoms with Crippen LogP contribution in [-0.2, 0) is 24.2 Å². The maximum atomic E-state index is 12.5. The van der Waals surface area contributed by atoms with Crippen LogP contribution >= 0.6 is 0 Å². The number of rotatable bonds is 7. The third-order valence-corrected chi connectivity index (χ3v) is 5.60. The number of carbonyl (C=O) groups excluding carboxylic acids is 1. The summed E-state index contributed by atoms with van der Waals surface area (Å²) in [4.78, 5) is 26.3. The first kappa shape index (κ1) is 20.8. The summed E-state index contributed by atoms with van der Waals surface area (Å²) in [6.07, 6.45) is 2.63. The van der Waals surface area contributed by atoms with Crippen molar-refractivity contribution < 1.29 is 23.4 Å². The molecule has 0 aliphatic heterocycles. The number of aryl methyl sites for hydroxylation is 1. The van der Waals surface area contributed by atoms with Gasteiger partial charge in [0.1, 0.15) is 11.3 Å². The Hall–Kier alpha value is -3.48. The topological polar surface area (TPSA) is 78.2 Å². The van der Waals surface area contributed by atoms with Gasteiger partial charge in [-0.15, -0.1) is 0 Å². The quantitative estimate of drug-likeness (QED) is 0.543. The number of hydrogen-bond donors (Lipinski definition) is 0. The SMILES string of the molecule is COc1ccc(CN(C)C(=O)COc2ccc3c4c(c(=O)oc3c2)CCC4)cc1OC. The number of benzene rings is 2. The fourth-order valence-electron chi connectivity index (χ4n) is 3.95. The van der Waals surface area contributed by atoms with Crippen LogP contribution in [0.25, 0.3) is 11.0 Å². The third-order valence-electron chi connectivity index (χ3n) is 5.60.